The molecule has 2 heterocycles. The second-order valence-corrected chi connectivity index (χ2v) is 11.8. The van der Waals surface area contributed by atoms with Crippen LogP contribution < -0.4 is 14.5 Å². The van der Waals surface area contributed by atoms with Crippen molar-refractivity contribution in [1.82, 2.24) is 19.5 Å². The lowest BCUT2D eigenvalue weighted by atomic mass is 10.2. The Hall–Kier alpha value is -4.77. The fourth-order valence-corrected chi connectivity index (χ4v) is 5.77. The summed E-state index contributed by atoms with van der Waals surface area (Å²) in [5.74, 6) is -0.426. The Balaban J connectivity index is 1.48. The van der Waals surface area contributed by atoms with Crippen molar-refractivity contribution in [2.24, 2.45) is 0 Å². The van der Waals surface area contributed by atoms with E-state index in [1.165, 1.54) is 16.7 Å². The Kier molecular flexibility index (Phi) is 9.30. The molecule has 230 valence electrons. The van der Waals surface area contributed by atoms with Crippen LogP contribution in [0.5, 0.6) is 5.88 Å². The second kappa shape index (κ2) is 13.7. The van der Waals surface area contributed by atoms with Gasteiger partial charge in [0.1, 0.15) is 0 Å². The van der Waals surface area contributed by atoms with E-state index in [9.17, 15) is 9.59 Å². The molecule has 0 aliphatic carbocycles. The van der Waals surface area contributed by atoms with Gasteiger partial charge in [0.2, 0.25) is 11.9 Å². The van der Waals surface area contributed by atoms with Gasteiger partial charge in [0.25, 0.3) is 5.88 Å². The van der Waals surface area contributed by atoms with Crippen LogP contribution in [0.1, 0.15) is 18.1 Å². The van der Waals surface area contributed by atoms with Gasteiger partial charge in [-0.2, -0.15) is 9.97 Å². The average Bonchev–Trinajstić information content (AvgIpc) is 3.35. The second-order valence-electron chi connectivity index (χ2n) is 10.2. The van der Waals surface area contributed by atoms with Gasteiger partial charge in [0.15, 0.2) is 15.9 Å². The molecule has 0 saturated heterocycles. The zero-order valence-corrected chi connectivity index (χ0v) is 27.4. The molecule has 0 spiro atoms. The molecular formula is C34H25BrCl2N6O3. The quantitative estimate of drug-likeness (QED) is 0.146. The number of nitrogens with zero attached hydrogens (tertiary/aromatic N) is 6. The van der Waals surface area contributed by atoms with E-state index >= 15 is 0 Å². The normalized spacial score (nSPS) is 11.0. The van der Waals surface area contributed by atoms with Gasteiger partial charge in [-0.1, -0.05) is 83.9 Å². The SMILES string of the molecule is CC(=O)N(Cc1cccc(Cl)c1)c1nc(OC(=O)N(c2ccccc2)c2ccccc2)c2nc(Br)n(Cc3cccc(Cl)c3)c2n1. The largest absolute Gasteiger partial charge is 0.425 e. The molecule has 46 heavy (non-hydrogen) atoms. The summed E-state index contributed by atoms with van der Waals surface area (Å²) >= 11 is 16.0. The summed E-state index contributed by atoms with van der Waals surface area (Å²) in [6.07, 6.45) is -0.729. The Bertz CT molecular complexity index is 2000. The molecular weight excluding hydrogens is 691 g/mol. The van der Waals surface area contributed by atoms with Crippen LogP contribution in [0.25, 0.3) is 11.2 Å². The number of amides is 2. The number of rotatable bonds is 8. The van der Waals surface area contributed by atoms with Crippen molar-refractivity contribution in [1.29, 1.82) is 0 Å². The number of hydrogen-bond acceptors (Lipinski definition) is 6. The van der Waals surface area contributed by atoms with Crippen LogP contribution in [0.2, 0.25) is 10.0 Å². The van der Waals surface area contributed by atoms with Gasteiger partial charge >= 0.3 is 6.09 Å². The zero-order valence-electron chi connectivity index (χ0n) is 24.3. The van der Waals surface area contributed by atoms with E-state index in [1.54, 1.807) is 53.1 Å². The summed E-state index contributed by atoms with van der Waals surface area (Å²) in [5, 5.41) is 1.10. The maximum Gasteiger partial charge on any atom is 0.425 e. The molecule has 0 radical (unpaired) electrons. The third kappa shape index (κ3) is 6.89. The Morgan fingerprint density at radius 3 is 1.96 bits per heavy atom. The third-order valence-electron chi connectivity index (χ3n) is 6.98. The van der Waals surface area contributed by atoms with Gasteiger partial charge in [0, 0.05) is 17.0 Å². The first-order valence-electron chi connectivity index (χ1n) is 14.1. The van der Waals surface area contributed by atoms with Crippen molar-refractivity contribution in [2.75, 3.05) is 9.80 Å². The standard InChI is InChI=1S/C34H25BrCl2N6O3/c1-22(44)41(20-23-10-8-12-25(36)18-23)33-39-30-29(38-32(35)42(30)21-24-11-9-13-26(37)19-24)31(40-33)46-34(45)43(27-14-4-2-5-15-27)28-16-6-3-7-17-28/h2-19H,20-21H2,1H3. The zero-order chi connectivity index (χ0) is 32.2. The van der Waals surface area contributed by atoms with E-state index in [1.807, 2.05) is 60.7 Å². The third-order valence-corrected chi connectivity index (χ3v) is 8.06. The number of ether oxygens (including phenoxy) is 1. The van der Waals surface area contributed by atoms with Crippen LogP contribution >= 0.6 is 39.1 Å². The summed E-state index contributed by atoms with van der Waals surface area (Å²) < 4.78 is 8.24. The van der Waals surface area contributed by atoms with Gasteiger partial charge in [-0.3, -0.25) is 14.3 Å². The lowest BCUT2D eigenvalue weighted by Gasteiger charge is -2.23. The highest BCUT2D eigenvalue weighted by Gasteiger charge is 2.27. The number of imidazole rings is 1. The number of carbonyl (C=O) groups is 2. The molecule has 2 amide bonds. The fraction of sp³-hybridized carbons (Fsp3) is 0.0882. The fourth-order valence-electron chi connectivity index (χ4n) is 4.87. The monoisotopic (exact) mass is 714 g/mol. The summed E-state index contributed by atoms with van der Waals surface area (Å²) in [7, 11) is 0. The van der Waals surface area contributed by atoms with Crippen LogP contribution in [-0.4, -0.2) is 31.5 Å². The van der Waals surface area contributed by atoms with Crippen LogP contribution in [0.4, 0.5) is 22.1 Å². The van der Waals surface area contributed by atoms with Crippen LogP contribution in [0, 0.1) is 0 Å². The molecule has 12 heteroatoms. The van der Waals surface area contributed by atoms with Crippen molar-refractivity contribution >= 4 is 79.6 Å². The summed E-state index contributed by atoms with van der Waals surface area (Å²) in [4.78, 5) is 43.9. The number of anilines is 3. The number of fused-ring (bicyclic) bond motifs is 1. The van der Waals surface area contributed by atoms with Crippen LogP contribution in [-0.2, 0) is 17.9 Å². The minimum Gasteiger partial charge on any atom is -0.388 e. The maximum atomic E-state index is 14.0. The molecule has 0 aliphatic rings. The molecule has 0 bridgehead atoms. The van der Waals surface area contributed by atoms with Gasteiger partial charge in [-0.15, -0.1) is 0 Å². The highest BCUT2D eigenvalue weighted by Crippen LogP contribution is 2.32. The molecule has 9 nitrogen and oxygen atoms in total. The Labute approximate surface area is 283 Å². The number of hydrogen-bond donors (Lipinski definition) is 0. The number of benzene rings is 4. The molecule has 6 rings (SSSR count). The highest BCUT2D eigenvalue weighted by atomic mass is 79.9. The summed E-state index contributed by atoms with van der Waals surface area (Å²) in [6, 6.07) is 32.8. The van der Waals surface area contributed by atoms with E-state index in [0.29, 0.717) is 38.3 Å². The van der Waals surface area contributed by atoms with Crippen molar-refractivity contribution < 1.29 is 14.3 Å². The molecule has 0 unspecified atom stereocenters. The molecule has 0 saturated carbocycles. The molecule has 2 aromatic heterocycles. The van der Waals surface area contributed by atoms with E-state index in [4.69, 9.17) is 32.9 Å². The number of para-hydroxylation sites is 2. The van der Waals surface area contributed by atoms with Gasteiger partial charge in [-0.05, 0) is 75.6 Å². The van der Waals surface area contributed by atoms with Crippen molar-refractivity contribution in [3.05, 3.63) is 135 Å². The molecule has 0 N–H and O–H groups in total. The smallest absolute Gasteiger partial charge is 0.388 e. The lowest BCUT2D eigenvalue weighted by Crippen LogP contribution is -2.31. The first-order chi connectivity index (χ1) is 22.3. The molecule has 0 atom stereocenters. The van der Waals surface area contributed by atoms with E-state index in [-0.39, 0.29) is 29.8 Å². The summed E-state index contributed by atoms with van der Waals surface area (Å²) in [5.41, 5.74) is 3.37. The van der Waals surface area contributed by atoms with Crippen molar-refractivity contribution in [2.45, 2.75) is 20.0 Å². The maximum absolute atomic E-state index is 14.0. The minimum atomic E-state index is -0.729. The molecule has 4 aromatic carbocycles. The van der Waals surface area contributed by atoms with Gasteiger partial charge in [-0.25, -0.2) is 14.7 Å². The minimum absolute atomic E-state index is 0.0218. The first kappa shape index (κ1) is 31.2. The van der Waals surface area contributed by atoms with Crippen LogP contribution in [0.15, 0.2) is 114 Å². The topological polar surface area (TPSA) is 93.5 Å². The number of aromatic nitrogens is 4. The Morgan fingerprint density at radius 1 is 0.783 bits per heavy atom. The molecule has 0 aliphatic heterocycles. The van der Waals surface area contributed by atoms with Gasteiger partial charge in [0.05, 0.1) is 24.5 Å². The van der Waals surface area contributed by atoms with Gasteiger partial charge < -0.3 is 4.74 Å². The number of carbonyl (C=O) groups excluding carboxylic acids is 2. The predicted molar refractivity (Wildman–Crippen MR) is 183 cm³/mol. The first-order valence-corrected chi connectivity index (χ1v) is 15.6. The van der Waals surface area contributed by atoms with Crippen molar-refractivity contribution in [3.8, 4) is 5.88 Å². The molecule has 0 fully saturated rings. The average molecular weight is 716 g/mol. The van der Waals surface area contributed by atoms with Crippen molar-refractivity contribution in [3.63, 3.8) is 0 Å². The van der Waals surface area contributed by atoms with E-state index in [0.717, 1.165) is 11.1 Å². The summed E-state index contributed by atoms with van der Waals surface area (Å²) in [6.45, 7) is 1.87. The van der Waals surface area contributed by atoms with Crippen LogP contribution in [0.3, 0.4) is 0 Å². The molecule has 6 aromatic rings. The number of halogens is 3. The highest BCUT2D eigenvalue weighted by molar-refractivity contribution is 9.10. The van der Waals surface area contributed by atoms with E-state index in [2.05, 4.69) is 25.9 Å². The Morgan fingerprint density at radius 2 is 1.37 bits per heavy atom. The lowest BCUT2D eigenvalue weighted by molar-refractivity contribution is -0.116. The van der Waals surface area contributed by atoms with E-state index < -0.39 is 6.09 Å². The predicted octanol–water partition coefficient (Wildman–Crippen LogP) is 8.83.